The highest BCUT2D eigenvalue weighted by Gasteiger charge is 2.08. The van der Waals surface area contributed by atoms with E-state index in [2.05, 4.69) is 15.2 Å². The molecule has 0 saturated heterocycles. The maximum atomic E-state index is 13.4. The monoisotopic (exact) mass is 271 g/mol. The molecule has 1 heterocycles. The molecule has 88 valence electrons. The molecule has 0 radical (unpaired) electrons. The van der Waals surface area contributed by atoms with E-state index in [1.54, 1.807) is 6.07 Å². The van der Waals surface area contributed by atoms with Crippen LogP contribution in [0.25, 0.3) is 0 Å². The maximum Gasteiger partial charge on any atom is 0.270 e. The zero-order chi connectivity index (χ0) is 12.3. The van der Waals surface area contributed by atoms with Crippen molar-refractivity contribution in [1.29, 1.82) is 0 Å². The molecule has 7 heteroatoms. The molecular formula is C10H7ClFN3OS. The third-order valence-corrected chi connectivity index (χ3v) is 3.21. The van der Waals surface area contributed by atoms with Crippen molar-refractivity contribution in [1.82, 2.24) is 15.2 Å². The Bertz CT molecular complexity index is 570. The Balaban J connectivity index is 2.15. The van der Waals surface area contributed by atoms with E-state index in [-0.39, 0.29) is 17.1 Å². The standard InChI is InChI=1S/C10H7ClFN3OS/c11-7-2-1-3-8(12)6(7)5-17-10-14-9(16)4-13-15-10/h1-4H,5H2,(H,14,15,16). The molecule has 1 N–H and O–H groups in total. The van der Waals surface area contributed by atoms with Crippen LogP contribution in [0.5, 0.6) is 0 Å². The van der Waals surface area contributed by atoms with Gasteiger partial charge in [-0.15, -0.1) is 5.10 Å². The van der Waals surface area contributed by atoms with Gasteiger partial charge in [0.05, 0.1) is 0 Å². The summed E-state index contributed by atoms with van der Waals surface area (Å²) in [5.74, 6) is -0.101. The number of nitrogens with one attached hydrogen (secondary N) is 1. The summed E-state index contributed by atoms with van der Waals surface area (Å²) in [6.07, 6.45) is 1.07. The van der Waals surface area contributed by atoms with E-state index in [4.69, 9.17) is 11.6 Å². The third-order valence-electron chi connectivity index (χ3n) is 1.97. The normalized spacial score (nSPS) is 10.5. The molecule has 0 bridgehead atoms. The predicted molar refractivity (Wildman–Crippen MR) is 63.6 cm³/mol. The van der Waals surface area contributed by atoms with Crippen molar-refractivity contribution in [3.63, 3.8) is 0 Å². The van der Waals surface area contributed by atoms with E-state index in [1.165, 1.54) is 12.1 Å². The average molecular weight is 272 g/mol. The van der Waals surface area contributed by atoms with E-state index >= 15 is 0 Å². The number of aromatic amines is 1. The van der Waals surface area contributed by atoms with Crippen molar-refractivity contribution >= 4 is 23.4 Å². The van der Waals surface area contributed by atoms with Gasteiger partial charge >= 0.3 is 0 Å². The summed E-state index contributed by atoms with van der Waals surface area (Å²) in [6.45, 7) is 0. The van der Waals surface area contributed by atoms with E-state index < -0.39 is 0 Å². The van der Waals surface area contributed by atoms with E-state index in [1.807, 2.05) is 0 Å². The SMILES string of the molecule is O=c1cnnc(SCc2c(F)cccc2Cl)[nH]1. The Kier molecular flexibility index (Phi) is 3.75. The van der Waals surface area contributed by atoms with Gasteiger partial charge in [0.15, 0.2) is 5.16 Å². The fourth-order valence-electron chi connectivity index (χ4n) is 1.17. The first kappa shape index (κ1) is 12.1. The number of hydrogen-bond donors (Lipinski definition) is 1. The first-order valence-electron chi connectivity index (χ1n) is 4.64. The molecule has 0 unspecified atom stereocenters. The average Bonchev–Trinajstić information content (AvgIpc) is 2.28. The highest BCUT2D eigenvalue weighted by atomic mass is 35.5. The number of rotatable bonds is 3. The number of hydrogen-bond acceptors (Lipinski definition) is 4. The Morgan fingerprint density at radius 3 is 3.00 bits per heavy atom. The minimum absolute atomic E-state index is 0.278. The number of aromatic nitrogens is 3. The lowest BCUT2D eigenvalue weighted by molar-refractivity contribution is 0.617. The molecule has 17 heavy (non-hydrogen) atoms. The number of halogens is 2. The Hall–Kier alpha value is -1.40. The van der Waals surface area contributed by atoms with Gasteiger partial charge in [0.25, 0.3) is 5.56 Å². The minimum Gasteiger partial charge on any atom is -0.299 e. The van der Waals surface area contributed by atoms with Crippen LogP contribution >= 0.6 is 23.4 Å². The number of H-pyrrole nitrogens is 1. The quantitative estimate of drug-likeness (QED) is 0.870. The van der Waals surface area contributed by atoms with E-state index in [0.29, 0.717) is 15.7 Å². The second kappa shape index (κ2) is 5.29. The fraction of sp³-hybridized carbons (Fsp3) is 0.100. The van der Waals surface area contributed by atoms with Crippen LogP contribution in [0.1, 0.15) is 5.56 Å². The molecule has 1 aromatic heterocycles. The van der Waals surface area contributed by atoms with Crippen molar-refractivity contribution in [2.75, 3.05) is 0 Å². The molecule has 1 aromatic carbocycles. The zero-order valence-electron chi connectivity index (χ0n) is 8.48. The maximum absolute atomic E-state index is 13.4. The highest BCUT2D eigenvalue weighted by Crippen LogP contribution is 2.25. The second-order valence-electron chi connectivity index (χ2n) is 3.13. The van der Waals surface area contributed by atoms with Crippen molar-refractivity contribution in [3.8, 4) is 0 Å². The number of nitrogens with zero attached hydrogens (tertiary/aromatic N) is 2. The first-order chi connectivity index (χ1) is 8.16. The van der Waals surface area contributed by atoms with Gasteiger partial charge in [-0.1, -0.05) is 29.4 Å². The summed E-state index contributed by atoms with van der Waals surface area (Å²) < 4.78 is 13.4. The van der Waals surface area contributed by atoms with Crippen molar-refractivity contribution in [2.24, 2.45) is 0 Å². The first-order valence-corrected chi connectivity index (χ1v) is 6.01. The Morgan fingerprint density at radius 1 is 1.47 bits per heavy atom. The van der Waals surface area contributed by atoms with Gasteiger partial charge in [-0.05, 0) is 12.1 Å². The van der Waals surface area contributed by atoms with Crippen LogP contribution in [-0.2, 0) is 5.75 Å². The molecule has 2 aromatic rings. The highest BCUT2D eigenvalue weighted by molar-refractivity contribution is 7.98. The van der Waals surface area contributed by atoms with Crippen molar-refractivity contribution in [2.45, 2.75) is 10.9 Å². The molecule has 0 aliphatic heterocycles. The van der Waals surface area contributed by atoms with Crippen LogP contribution in [0.2, 0.25) is 5.02 Å². The van der Waals surface area contributed by atoms with Crippen molar-refractivity contribution in [3.05, 3.63) is 51.2 Å². The van der Waals surface area contributed by atoms with Gasteiger partial charge in [-0.3, -0.25) is 9.78 Å². The molecule has 0 saturated carbocycles. The molecule has 0 atom stereocenters. The third kappa shape index (κ3) is 3.04. The smallest absolute Gasteiger partial charge is 0.270 e. The second-order valence-corrected chi connectivity index (χ2v) is 4.50. The molecular weight excluding hydrogens is 265 g/mol. The van der Waals surface area contributed by atoms with Gasteiger partial charge in [-0.2, -0.15) is 5.10 Å². The predicted octanol–water partition coefficient (Wildman–Crippen LogP) is 2.25. The molecule has 0 aliphatic carbocycles. The van der Waals surface area contributed by atoms with Crippen LogP contribution in [-0.4, -0.2) is 15.2 Å². The summed E-state index contributed by atoms with van der Waals surface area (Å²) in [4.78, 5) is 13.4. The Labute approximate surface area is 105 Å². The summed E-state index contributed by atoms with van der Waals surface area (Å²) >= 11 is 7.03. The summed E-state index contributed by atoms with van der Waals surface area (Å²) in [7, 11) is 0. The van der Waals surface area contributed by atoms with Crippen LogP contribution in [0.15, 0.2) is 34.3 Å². The lowest BCUT2D eigenvalue weighted by Gasteiger charge is -2.04. The molecule has 0 aliphatic rings. The zero-order valence-corrected chi connectivity index (χ0v) is 10.1. The minimum atomic E-state index is -0.378. The summed E-state index contributed by atoms with van der Waals surface area (Å²) in [5.41, 5.74) is 0.0350. The van der Waals surface area contributed by atoms with Gasteiger partial charge in [0.1, 0.15) is 12.0 Å². The van der Waals surface area contributed by atoms with Crippen LogP contribution in [0.4, 0.5) is 4.39 Å². The van der Waals surface area contributed by atoms with Crippen LogP contribution in [0.3, 0.4) is 0 Å². The van der Waals surface area contributed by atoms with Gasteiger partial charge in [-0.25, -0.2) is 4.39 Å². The van der Waals surface area contributed by atoms with Crippen LogP contribution < -0.4 is 5.56 Å². The summed E-state index contributed by atoms with van der Waals surface area (Å²) in [6, 6.07) is 4.48. The molecule has 0 spiro atoms. The topological polar surface area (TPSA) is 58.6 Å². The largest absolute Gasteiger partial charge is 0.299 e. The number of thioether (sulfide) groups is 1. The van der Waals surface area contributed by atoms with Crippen molar-refractivity contribution < 1.29 is 4.39 Å². The van der Waals surface area contributed by atoms with Crippen LogP contribution in [0, 0.1) is 5.82 Å². The van der Waals surface area contributed by atoms with Gasteiger partial charge < -0.3 is 0 Å². The molecule has 0 fully saturated rings. The molecule has 2 rings (SSSR count). The number of benzene rings is 1. The lowest BCUT2D eigenvalue weighted by Crippen LogP contribution is -2.08. The summed E-state index contributed by atoms with van der Waals surface area (Å²) in [5, 5.41) is 7.89. The molecule has 0 amide bonds. The van der Waals surface area contributed by atoms with E-state index in [9.17, 15) is 9.18 Å². The fourth-order valence-corrected chi connectivity index (χ4v) is 2.33. The Morgan fingerprint density at radius 2 is 2.29 bits per heavy atom. The van der Waals surface area contributed by atoms with Gasteiger partial charge in [0, 0.05) is 16.3 Å². The molecule has 4 nitrogen and oxygen atoms in total. The lowest BCUT2D eigenvalue weighted by atomic mass is 10.2. The van der Waals surface area contributed by atoms with Gasteiger partial charge in [0.2, 0.25) is 0 Å². The van der Waals surface area contributed by atoms with E-state index in [0.717, 1.165) is 18.0 Å².